The van der Waals surface area contributed by atoms with E-state index in [9.17, 15) is 117 Å². The van der Waals surface area contributed by atoms with E-state index in [1.54, 1.807) is 65.0 Å². The molecule has 1 aromatic carbocycles. The zero-order valence-corrected chi connectivity index (χ0v) is 74.8. The number of hydrogen-bond acceptors (Lipinski definition) is 21. The number of carboxylic acid groups (broad SMARTS) is 5. The molecule has 128 heavy (non-hydrogen) atoms. The number of nitrogens with two attached hydrogens (primary N) is 3. The zero-order chi connectivity index (χ0) is 96.5. The van der Waals surface area contributed by atoms with Gasteiger partial charge in [-0.05, 0) is 94.4 Å². The highest BCUT2D eigenvalue weighted by molar-refractivity contribution is 6.00. The van der Waals surface area contributed by atoms with Crippen molar-refractivity contribution in [1.29, 1.82) is 10.8 Å². The number of aliphatic carboxylic acids is 5. The van der Waals surface area contributed by atoms with Gasteiger partial charge in [0.25, 0.3) is 0 Å². The lowest BCUT2D eigenvalue weighted by molar-refractivity contribution is -0.143. The Bertz CT molecular complexity index is 3820. The minimum absolute atomic E-state index is 0.0176. The van der Waals surface area contributed by atoms with Crippen molar-refractivity contribution in [2.45, 2.75) is 327 Å². The number of unbranched alkanes of at least 4 members (excludes halogenated alkanes) is 12. The lowest BCUT2D eigenvalue weighted by atomic mass is 9.97. The standard InChI is InChI=1S/C84H140N20O24/c1-9-12-13-14-15-16-17-18-19-20-21-22-26-33-63(106)94-58(81(125)126)35-39-64(107)103-70(50(7)11-3)80(124)93-51(8)71(115)96-55(34-38-62(85)105)73(117)99-56(36-40-66(109)110)74(118)101-59(44-48(4)5)77(121)98-53(31-27-42-90-83(86)87)72(116)97-54(32-28-43-91-84(88)89)76(120)104-69(49(6)10-2)79(123)92-47-65(108)95-60(46-68(113)114)78(122)100-57(37-41-67(111)112)75(119)102-61(82(127)128)45-52-29-24-23-25-30-52/h23-25,29-30,48-51,53-61,69-70H,9-22,26-28,31-47H2,1-8H3,(H2,85,105)(H,92,123)(H,93,124)(H,94,106)(H,95,108)(H,96,115)(H,97,116)(H,98,121)(H,99,117)(H,100,122)(H,101,118)(H,102,119)(H,103,107)(H,104,120)(H,109,110)(H,111,112)(H,113,114)(H,125,126)(H,127,128)(H4,86,87,90)(H4,88,89,91)/t49-,50-,51-,53-,54-,55+,56-,57-,58-,59-,60-,61-,69-,70-/m0/s1. The van der Waals surface area contributed by atoms with Gasteiger partial charge in [-0.1, -0.05) is 169 Å². The second-order valence-electron chi connectivity index (χ2n) is 32.4. The van der Waals surface area contributed by atoms with Gasteiger partial charge in [-0.25, -0.2) is 9.59 Å². The van der Waals surface area contributed by atoms with Crippen molar-refractivity contribution in [2.24, 2.45) is 35.0 Å². The number of rotatable bonds is 70. The van der Waals surface area contributed by atoms with E-state index in [1.165, 1.54) is 58.8 Å². The Balaban J connectivity index is 3.53. The van der Waals surface area contributed by atoms with E-state index in [0.29, 0.717) is 18.4 Å². The fourth-order valence-corrected chi connectivity index (χ4v) is 13.2. The molecule has 0 bridgehead atoms. The first kappa shape index (κ1) is 114. The maximum Gasteiger partial charge on any atom is 0.326 e. The van der Waals surface area contributed by atoms with Crippen molar-refractivity contribution < 1.29 is 117 Å². The molecule has 0 heterocycles. The smallest absolute Gasteiger partial charge is 0.326 e. The molecular formula is C84H140N20O24. The van der Waals surface area contributed by atoms with E-state index in [4.69, 9.17) is 28.0 Å². The van der Waals surface area contributed by atoms with E-state index in [0.717, 1.165) is 32.1 Å². The van der Waals surface area contributed by atoms with Crippen LogP contribution in [0.1, 0.15) is 254 Å². The van der Waals surface area contributed by atoms with Crippen LogP contribution >= 0.6 is 0 Å². The summed E-state index contributed by atoms with van der Waals surface area (Å²) < 4.78 is 0. The largest absolute Gasteiger partial charge is 0.481 e. The van der Waals surface area contributed by atoms with Crippen molar-refractivity contribution in [1.82, 2.24) is 79.8 Å². The van der Waals surface area contributed by atoms with Crippen LogP contribution in [0, 0.1) is 28.6 Å². The van der Waals surface area contributed by atoms with Crippen LogP contribution in [0.2, 0.25) is 0 Å². The number of hydrogen-bond donors (Lipinski definition) is 25. The summed E-state index contributed by atoms with van der Waals surface area (Å²) in [4.78, 5) is 254. The highest BCUT2D eigenvalue weighted by atomic mass is 16.4. The van der Waals surface area contributed by atoms with Gasteiger partial charge in [-0.2, -0.15) is 0 Å². The predicted octanol–water partition coefficient (Wildman–Crippen LogP) is -0.252. The van der Waals surface area contributed by atoms with Crippen LogP contribution in [-0.4, -0.2) is 242 Å². The summed E-state index contributed by atoms with van der Waals surface area (Å²) in [5.41, 5.74) is 17.0. The minimum atomic E-state index is -2.00. The molecule has 44 nitrogen and oxygen atoms in total. The molecule has 1 rings (SSSR count). The lowest BCUT2D eigenvalue weighted by Gasteiger charge is -2.29. The number of amides is 14. The van der Waals surface area contributed by atoms with Gasteiger partial charge in [0.05, 0.1) is 13.0 Å². The van der Waals surface area contributed by atoms with E-state index >= 15 is 0 Å². The minimum Gasteiger partial charge on any atom is -0.481 e. The first-order chi connectivity index (χ1) is 60.4. The molecule has 0 saturated heterocycles. The third-order valence-electron chi connectivity index (χ3n) is 21.0. The maximum atomic E-state index is 14.7. The first-order valence-electron chi connectivity index (χ1n) is 43.9. The molecule has 0 spiro atoms. The Morgan fingerprint density at radius 3 is 1.13 bits per heavy atom. The Labute approximate surface area is 746 Å². The summed E-state index contributed by atoms with van der Waals surface area (Å²) in [6, 6.07) is -11.5. The van der Waals surface area contributed by atoms with Gasteiger partial charge >= 0.3 is 29.8 Å². The average Bonchev–Trinajstić information content (AvgIpc) is 0.992. The summed E-state index contributed by atoms with van der Waals surface area (Å²) >= 11 is 0. The van der Waals surface area contributed by atoms with Crippen LogP contribution in [0.5, 0.6) is 0 Å². The topological polar surface area (TPSA) is 732 Å². The van der Waals surface area contributed by atoms with Gasteiger partial charge < -0.3 is 122 Å². The highest BCUT2D eigenvalue weighted by Gasteiger charge is 2.38. The Morgan fingerprint density at radius 1 is 0.336 bits per heavy atom. The average molecular weight is 1810 g/mol. The van der Waals surface area contributed by atoms with Crippen LogP contribution in [-0.2, 0) is 97.5 Å². The van der Waals surface area contributed by atoms with Crippen molar-refractivity contribution in [2.75, 3.05) is 19.6 Å². The number of primary amides is 1. The summed E-state index contributed by atoms with van der Waals surface area (Å²) in [6.07, 6.45) is 7.98. The van der Waals surface area contributed by atoms with Crippen LogP contribution in [0.15, 0.2) is 30.3 Å². The second kappa shape index (κ2) is 63.6. The summed E-state index contributed by atoms with van der Waals surface area (Å²) in [5.74, 6) is -24.5. The van der Waals surface area contributed by atoms with Crippen molar-refractivity contribution in [3.8, 4) is 0 Å². The number of carboxylic acids is 5. The predicted molar refractivity (Wildman–Crippen MR) is 468 cm³/mol. The monoisotopic (exact) mass is 1810 g/mol. The molecule has 0 fully saturated rings. The number of guanidine groups is 2. The van der Waals surface area contributed by atoms with Crippen LogP contribution in [0.4, 0.5) is 0 Å². The van der Waals surface area contributed by atoms with Crippen LogP contribution < -0.4 is 97.0 Å². The Hall–Kier alpha value is -12.3. The van der Waals surface area contributed by atoms with E-state index < -0.39 is 273 Å². The second-order valence-corrected chi connectivity index (χ2v) is 32.4. The van der Waals surface area contributed by atoms with E-state index in [2.05, 4.69) is 86.7 Å². The molecule has 0 radical (unpaired) electrons. The summed E-state index contributed by atoms with van der Waals surface area (Å²) in [7, 11) is 0. The van der Waals surface area contributed by atoms with Crippen molar-refractivity contribution in [3.63, 3.8) is 0 Å². The molecule has 0 aliphatic carbocycles. The fourth-order valence-electron chi connectivity index (χ4n) is 13.2. The molecule has 0 aromatic heterocycles. The van der Waals surface area contributed by atoms with Crippen molar-refractivity contribution in [3.05, 3.63) is 35.9 Å². The van der Waals surface area contributed by atoms with Gasteiger partial charge in [0.1, 0.15) is 72.5 Å². The third kappa shape index (κ3) is 50.1. The normalized spacial score (nSPS) is 14.3. The van der Waals surface area contributed by atoms with Gasteiger partial charge in [-0.3, -0.25) is 92.3 Å². The molecule has 0 aliphatic rings. The number of carbonyl (C=O) groups is 19. The van der Waals surface area contributed by atoms with Gasteiger partial charge in [0, 0.05) is 51.6 Å². The van der Waals surface area contributed by atoms with Crippen LogP contribution in [0.25, 0.3) is 0 Å². The summed E-state index contributed by atoms with van der Waals surface area (Å²) in [6.45, 7) is 12.1. The Morgan fingerprint density at radius 2 is 0.711 bits per heavy atom. The van der Waals surface area contributed by atoms with Crippen LogP contribution in [0.3, 0.4) is 0 Å². The fraction of sp³-hybridized carbons (Fsp3) is 0.679. The molecule has 44 heteroatoms. The summed E-state index contributed by atoms with van der Waals surface area (Å²) in [5, 5.41) is 101. The van der Waals surface area contributed by atoms with Gasteiger partial charge in [-0.15, -0.1) is 0 Å². The molecule has 720 valence electrons. The molecule has 28 N–H and O–H groups in total. The molecule has 0 saturated carbocycles. The maximum absolute atomic E-state index is 14.7. The van der Waals surface area contributed by atoms with E-state index in [1.807, 2.05) is 0 Å². The Kier molecular flexibility index (Phi) is 56.5. The molecule has 0 aliphatic heterocycles. The van der Waals surface area contributed by atoms with Gasteiger partial charge in [0.2, 0.25) is 82.7 Å². The SMILES string of the molecule is CCCCCCCCCCCCCCCC(=O)N[C@@H](CCC(=O)N[C@H](C(=O)N[C@@H](C)C(=O)N[C@H](CCC(N)=O)C(=O)N[C@@H](CCC(=O)O)C(=O)N[C@@H](CC(C)C)C(=O)N[C@@H](CCCNC(=N)N)C(=O)N[C@@H](CCCNC(=N)N)C(=O)N[C@H](C(=O)NCC(=O)N[C@@H](CC(=O)O)C(=O)N[C@@H](CCC(=O)O)C(=O)N[C@@H](Cc1ccccc1)C(=O)O)[C@@H](C)CC)[C@@H](C)CC)C(=O)O. The lowest BCUT2D eigenvalue weighted by Crippen LogP contribution is -2.61. The number of carbonyl (C=O) groups excluding carboxylic acids is 14. The first-order valence-corrected chi connectivity index (χ1v) is 43.9. The molecular weight excluding hydrogens is 1670 g/mol. The molecule has 1 aromatic rings. The number of benzene rings is 1. The van der Waals surface area contributed by atoms with Crippen molar-refractivity contribution >= 4 is 124 Å². The highest BCUT2D eigenvalue weighted by Crippen LogP contribution is 2.18. The molecule has 0 unspecified atom stereocenters. The number of nitrogens with one attached hydrogen (secondary N) is 17. The molecule has 14 amide bonds. The van der Waals surface area contributed by atoms with Gasteiger partial charge in [0.15, 0.2) is 11.9 Å². The molecule has 14 atom stereocenters. The zero-order valence-electron chi connectivity index (χ0n) is 74.8. The quantitative estimate of drug-likeness (QED) is 0.0227. The third-order valence-corrected chi connectivity index (χ3v) is 21.0. The van der Waals surface area contributed by atoms with E-state index in [-0.39, 0.29) is 70.9 Å².